The number of rotatable bonds is 7. The smallest absolute Gasteiger partial charge is 0.243 e. The molecule has 2 saturated heterocycles. The average molecular weight is 565 g/mol. The van der Waals surface area contributed by atoms with Crippen molar-refractivity contribution in [1.29, 1.82) is 0 Å². The van der Waals surface area contributed by atoms with E-state index < -0.39 is 0 Å². The Kier molecular flexibility index (Phi) is 11.1. The minimum atomic E-state index is 0. The third kappa shape index (κ3) is 8.12. The van der Waals surface area contributed by atoms with Gasteiger partial charge in [-0.1, -0.05) is 18.2 Å². The number of hydrogen-bond acceptors (Lipinski definition) is 5. The van der Waals surface area contributed by atoms with Crippen LogP contribution in [-0.4, -0.2) is 79.5 Å². The van der Waals surface area contributed by atoms with E-state index in [1.807, 2.05) is 29.6 Å². The first kappa shape index (κ1) is 25.6. The maximum absolute atomic E-state index is 12.0. The summed E-state index contributed by atoms with van der Waals surface area (Å²) in [6.07, 6.45) is 3.09. The number of thioether (sulfide) groups is 2. The van der Waals surface area contributed by atoms with E-state index in [4.69, 9.17) is 4.74 Å². The minimum Gasteiger partial charge on any atom is -0.374 e. The number of nitrogens with one attached hydrogen (secondary N) is 2. The largest absolute Gasteiger partial charge is 0.374 e. The number of ether oxygens (including phenoxy) is 1. The second kappa shape index (κ2) is 13.0. The average Bonchev–Trinajstić information content (AvgIpc) is 3.17. The van der Waals surface area contributed by atoms with E-state index in [0.717, 1.165) is 49.9 Å². The van der Waals surface area contributed by atoms with Gasteiger partial charge in [0.15, 0.2) is 5.96 Å². The number of carbonyl (C=O) groups excluding carboxylic acids is 1. The van der Waals surface area contributed by atoms with E-state index in [2.05, 4.69) is 39.9 Å². The van der Waals surface area contributed by atoms with Gasteiger partial charge in [0.1, 0.15) is 6.54 Å². The highest BCUT2D eigenvalue weighted by Crippen LogP contribution is 2.38. The molecule has 6 nitrogen and oxygen atoms in total. The fourth-order valence-corrected chi connectivity index (χ4v) is 5.67. The fourth-order valence-electron chi connectivity index (χ4n) is 3.50. The summed E-state index contributed by atoms with van der Waals surface area (Å²) >= 11 is 3.79. The van der Waals surface area contributed by atoms with Crippen LogP contribution in [0, 0.1) is 0 Å². The van der Waals surface area contributed by atoms with Crippen molar-refractivity contribution < 1.29 is 9.53 Å². The molecule has 2 unspecified atom stereocenters. The Morgan fingerprint density at radius 2 is 2.17 bits per heavy atom. The standard InChI is InChI=1S/C21H32N4O2S2.HI/c1-25(2)19(26)15-23-20(22-10-13-29-18-6-4-3-5-7-18)24-17-8-11-27-21(14-17)9-12-28-16-21;/h3-7,17H,8-16H2,1-2H3,(H2,22,23,24);1H. The molecule has 2 heterocycles. The fraction of sp³-hybridized carbons (Fsp3) is 0.619. The SMILES string of the molecule is CN(C)C(=O)CN=C(NCCSc1ccccc1)NC1CCOC2(CCSC2)C1.I. The third-order valence-electron chi connectivity index (χ3n) is 5.18. The second-order valence-corrected chi connectivity index (χ2v) is 9.98. The molecule has 0 aliphatic carbocycles. The zero-order chi connectivity index (χ0) is 20.5. The highest BCUT2D eigenvalue weighted by atomic mass is 127. The van der Waals surface area contributed by atoms with Gasteiger partial charge in [-0.15, -0.1) is 35.7 Å². The van der Waals surface area contributed by atoms with Crippen molar-refractivity contribution in [2.45, 2.75) is 35.8 Å². The van der Waals surface area contributed by atoms with Gasteiger partial charge in [-0.25, -0.2) is 4.99 Å². The lowest BCUT2D eigenvalue weighted by atomic mass is 9.90. The molecule has 2 aliphatic rings. The van der Waals surface area contributed by atoms with Crippen LogP contribution in [0.15, 0.2) is 40.2 Å². The van der Waals surface area contributed by atoms with Crippen molar-refractivity contribution in [3.63, 3.8) is 0 Å². The molecule has 2 N–H and O–H groups in total. The van der Waals surface area contributed by atoms with Crippen molar-refractivity contribution in [3.05, 3.63) is 30.3 Å². The first-order valence-electron chi connectivity index (χ1n) is 10.2. The van der Waals surface area contributed by atoms with Crippen molar-refractivity contribution in [3.8, 4) is 0 Å². The summed E-state index contributed by atoms with van der Waals surface area (Å²) in [7, 11) is 3.52. The number of hydrogen-bond donors (Lipinski definition) is 2. The van der Waals surface area contributed by atoms with Gasteiger partial charge in [-0.3, -0.25) is 4.79 Å². The van der Waals surface area contributed by atoms with Gasteiger partial charge < -0.3 is 20.3 Å². The molecule has 2 atom stereocenters. The predicted octanol–water partition coefficient (Wildman–Crippen LogP) is 3.07. The Balaban J connectivity index is 0.00000320. The van der Waals surface area contributed by atoms with E-state index in [0.29, 0.717) is 6.04 Å². The van der Waals surface area contributed by atoms with Gasteiger partial charge in [0.2, 0.25) is 5.91 Å². The number of likely N-dealkylation sites (N-methyl/N-ethyl adjacent to an activating group) is 1. The summed E-state index contributed by atoms with van der Waals surface area (Å²) in [5, 5.41) is 6.98. The molecule has 2 fully saturated rings. The van der Waals surface area contributed by atoms with E-state index in [1.54, 1.807) is 19.0 Å². The van der Waals surface area contributed by atoms with Crippen LogP contribution < -0.4 is 10.6 Å². The van der Waals surface area contributed by atoms with Crippen LogP contribution in [0.4, 0.5) is 0 Å². The summed E-state index contributed by atoms with van der Waals surface area (Å²) < 4.78 is 6.13. The zero-order valence-electron chi connectivity index (χ0n) is 17.8. The predicted molar refractivity (Wildman–Crippen MR) is 138 cm³/mol. The Labute approximate surface area is 205 Å². The minimum absolute atomic E-state index is 0. The maximum atomic E-state index is 12.0. The molecular weight excluding hydrogens is 531 g/mol. The first-order valence-corrected chi connectivity index (χ1v) is 12.3. The lowest BCUT2D eigenvalue weighted by molar-refractivity contribution is -0.127. The molecule has 0 saturated carbocycles. The summed E-state index contributed by atoms with van der Waals surface area (Å²) in [6, 6.07) is 10.7. The van der Waals surface area contributed by atoms with Crippen LogP contribution in [0.3, 0.4) is 0 Å². The van der Waals surface area contributed by atoms with Crippen molar-refractivity contribution in [2.24, 2.45) is 4.99 Å². The van der Waals surface area contributed by atoms with Crippen LogP contribution in [-0.2, 0) is 9.53 Å². The topological polar surface area (TPSA) is 66.0 Å². The number of halogens is 1. The van der Waals surface area contributed by atoms with Gasteiger partial charge in [-0.2, -0.15) is 11.8 Å². The van der Waals surface area contributed by atoms with Gasteiger partial charge in [0.05, 0.1) is 5.60 Å². The van der Waals surface area contributed by atoms with Crippen LogP contribution in [0.2, 0.25) is 0 Å². The molecule has 1 spiro atoms. The molecular formula is C21H33IN4O2S2. The van der Waals surface area contributed by atoms with Crippen LogP contribution >= 0.6 is 47.5 Å². The maximum Gasteiger partial charge on any atom is 0.243 e. The molecule has 0 bridgehead atoms. The van der Waals surface area contributed by atoms with Crippen LogP contribution in [0.5, 0.6) is 0 Å². The summed E-state index contributed by atoms with van der Waals surface area (Å²) in [5.41, 5.74) is 0.0221. The molecule has 9 heteroatoms. The van der Waals surface area contributed by atoms with Gasteiger partial charge in [0, 0.05) is 49.7 Å². The molecule has 1 amide bonds. The first-order chi connectivity index (χ1) is 14.1. The number of benzene rings is 1. The molecule has 3 rings (SSSR count). The van der Waals surface area contributed by atoms with Crippen molar-refractivity contribution >= 4 is 59.4 Å². The molecule has 2 aliphatic heterocycles. The lowest BCUT2D eigenvalue weighted by Gasteiger charge is -2.38. The Hall–Kier alpha value is -0.650. The van der Waals surface area contributed by atoms with Gasteiger partial charge in [-0.05, 0) is 37.1 Å². The summed E-state index contributed by atoms with van der Waals surface area (Å²) in [4.78, 5) is 19.4. The van der Waals surface area contributed by atoms with E-state index in [-0.39, 0.29) is 42.0 Å². The molecule has 30 heavy (non-hydrogen) atoms. The lowest BCUT2D eigenvalue weighted by Crippen LogP contribution is -2.52. The van der Waals surface area contributed by atoms with Gasteiger partial charge in [0.25, 0.3) is 0 Å². The van der Waals surface area contributed by atoms with Crippen LogP contribution in [0.25, 0.3) is 0 Å². The number of guanidine groups is 1. The molecule has 0 radical (unpaired) electrons. The van der Waals surface area contributed by atoms with Crippen molar-refractivity contribution in [2.75, 3.05) is 51.1 Å². The van der Waals surface area contributed by atoms with E-state index in [9.17, 15) is 4.79 Å². The Morgan fingerprint density at radius 3 is 2.87 bits per heavy atom. The third-order valence-corrected chi connectivity index (χ3v) is 7.42. The number of aliphatic imine (C=N–C) groups is 1. The van der Waals surface area contributed by atoms with Gasteiger partial charge >= 0.3 is 0 Å². The highest BCUT2D eigenvalue weighted by molar-refractivity contribution is 14.0. The second-order valence-electron chi connectivity index (χ2n) is 7.71. The molecule has 1 aromatic carbocycles. The Morgan fingerprint density at radius 1 is 1.37 bits per heavy atom. The Bertz CT molecular complexity index is 685. The number of amides is 1. The normalized spacial score (nSPS) is 23.7. The number of nitrogens with zero attached hydrogens (tertiary/aromatic N) is 2. The van der Waals surface area contributed by atoms with E-state index in [1.165, 1.54) is 10.6 Å². The zero-order valence-corrected chi connectivity index (χ0v) is 21.7. The summed E-state index contributed by atoms with van der Waals surface area (Å²) in [5.74, 6) is 3.92. The highest BCUT2D eigenvalue weighted by Gasteiger charge is 2.40. The van der Waals surface area contributed by atoms with Crippen molar-refractivity contribution in [1.82, 2.24) is 15.5 Å². The molecule has 168 valence electrons. The number of carbonyl (C=O) groups is 1. The van der Waals surface area contributed by atoms with Crippen LogP contribution in [0.1, 0.15) is 19.3 Å². The molecule has 1 aromatic rings. The monoisotopic (exact) mass is 564 g/mol. The quantitative estimate of drug-likeness (QED) is 0.175. The summed E-state index contributed by atoms with van der Waals surface area (Å²) in [6.45, 7) is 1.72. The molecule has 0 aromatic heterocycles. The van der Waals surface area contributed by atoms with E-state index >= 15 is 0 Å².